The fourth-order valence-electron chi connectivity index (χ4n) is 5.62. The molecule has 0 spiro atoms. The summed E-state index contributed by atoms with van der Waals surface area (Å²) in [5.41, 5.74) is 14.5. The van der Waals surface area contributed by atoms with Gasteiger partial charge in [0.25, 0.3) is 0 Å². The highest BCUT2D eigenvalue weighted by molar-refractivity contribution is 7.25. The highest BCUT2D eigenvalue weighted by Crippen LogP contribution is 2.41. The van der Waals surface area contributed by atoms with Crippen LogP contribution in [0.1, 0.15) is 18.1 Å². The molecule has 2 nitrogen and oxygen atoms in total. The normalized spacial score (nSPS) is 10.1. The molecule has 0 atom stereocenters. The van der Waals surface area contributed by atoms with E-state index in [0.717, 1.165) is 12.1 Å². The molecule has 8 aromatic rings. The molecule has 8 rings (SSSR count). The summed E-state index contributed by atoms with van der Waals surface area (Å²) in [5.74, 6) is 0. The molecule has 0 bridgehead atoms. The third-order valence-electron chi connectivity index (χ3n) is 7.83. The van der Waals surface area contributed by atoms with Crippen molar-refractivity contribution in [2.75, 3.05) is 6.54 Å². The Hall–Kier alpha value is -5.61. The Kier molecular flexibility index (Phi) is 12.8. The minimum atomic E-state index is 0.750. The zero-order chi connectivity index (χ0) is 34.3. The van der Waals surface area contributed by atoms with Gasteiger partial charge in [-0.2, -0.15) is 0 Å². The fourth-order valence-corrected chi connectivity index (χ4v) is 6.74. The van der Waals surface area contributed by atoms with Crippen LogP contribution in [0.3, 0.4) is 0 Å². The molecule has 0 saturated heterocycles. The summed E-state index contributed by atoms with van der Waals surface area (Å²) in [6, 6.07) is 63.1. The highest BCUT2D eigenvalue weighted by Gasteiger charge is 2.14. The maximum Gasteiger partial charge on any atom is 0.0361 e. The first-order chi connectivity index (χ1) is 24.1. The molecule has 0 aliphatic carbocycles. The number of rotatable bonds is 4. The molecule has 3 heteroatoms. The van der Waals surface area contributed by atoms with Gasteiger partial charge in [-0.15, -0.1) is 11.3 Å². The van der Waals surface area contributed by atoms with E-state index in [1.54, 1.807) is 11.3 Å². The molecule has 0 fully saturated rings. The van der Waals surface area contributed by atoms with Crippen LogP contribution in [0.15, 0.2) is 182 Å². The van der Waals surface area contributed by atoms with E-state index in [0.29, 0.717) is 0 Å². The number of hydrogen-bond donors (Lipinski definition) is 2. The van der Waals surface area contributed by atoms with Crippen molar-refractivity contribution in [1.82, 2.24) is 0 Å². The average Bonchev–Trinajstić information content (AvgIpc) is 3.55. The van der Waals surface area contributed by atoms with Crippen LogP contribution in [-0.2, 0) is 0 Å². The summed E-state index contributed by atoms with van der Waals surface area (Å²) in [4.78, 5) is 0. The SMILES string of the molecule is CCN.Cc1ccccc1.N=Cc1cccc2sc3ccc(-c4ccccc4-c4ccccc4-c4ccccc4)cc3c12.c1ccccc1. The van der Waals surface area contributed by atoms with Crippen molar-refractivity contribution in [3.05, 3.63) is 193 Å². The topological polar surface area (TPSA) is 49.9 Å². The largest absolute Gasteiger partial charge is 0.331 e. The van der Waals surface area contributed by atoms with E-state index in [4.69, 9.17) is 11.1 Å². The molecule has 0 radical (unpaired) electrons. The predicted molar refractivity (Wildman–Crippen MR) is 216 cm³/mol. The van der Waals surface area contributed by atoms with E-state index in [2.05, 4.69) is 122 Å². The van der Waals surface area contributed by atoms with E-state index in [1.165, 1.54) is 65.3 Å². The summed E-state index contributed by atoms with van der Waals surface area (Å²) in [5, 5.41) is 10.3. The van der Waals surface area contributed by atoms with Gasteiger partial charge in [0.1, 0.15) is 0 Å². The molecule has 1 heterocycles. The summed E-state index contributed by atoms with van der Waals surface area (Å²) in [6.07, 6.45) is 1.46. The Labute approximate surface area is 294 Å². The maximum atomic E-state index is 7.89. The number of nitrogens with two attached hydrogens (primary N) is 1. The van der Waals surface area contributed by atoms with Gasteiger partial charge < -0.3 is 11.1 Å². The van der Waals surface area contributed by atoms with E-state index in [-0.39, 0.29) is 0 Å². The second-order valence-electron chi connectivity index (χ2n) is 11.4. The van der Waals surface area contributed by atoms with E-state index >= 15 is 0 Å². The zero-order valence-corrected chi connectivity index (χ0v) is 28.9. The second kappa shape index (κ2) is 18.1. The van der Waals surface area contributed by atoms with Gasteiger partial charge in [0.05, 0.1) is 0 Å². The van der Waals surface area contributed by atoms with Crippen LogP contribution in [0.25, 0.3) is 53.6 Å². The van der Waals surface area contributed by atoms with Gasteiger partial charge in [0, 0.05) is 32.0 Å². The van der Waals surface area contributed by atoms with Gasteiger partial charge in [-0.3, -0.25) is 0 Å². The first-order valence-electron chi connectivity index (χ1n) is 16.6. The van der Waals surface area contributed by atoms with Crippen LogP contribution >= 0.6 is 11.3 Å². The molecule has 1 aromatic heterocycles. The first-order valence-corrected chi connectivity index (χ1v) is 17.4. The minimum Gasteiger partial charge on any atom is -0.331 e. The van der Waals surface area contributed by atoms with Gasteiger partial charge in [-0.05, 0) is 65.0 Å². The molecule has 0 amide bonds. The van der Waals surface area contributed by atoms with Gasteiger partial charge in [-0.25, -0.2) is 0 Å². The lowest BCUT2D eigenvalue weighted by atomic mass is 9.89. The van der Waals surface area contributed by atoms with Crippen molar-refractivity contribution < 1.29 is 0 Å². The number of hydrogen-bond acceptors (Lipinski definition) is 3. The van der Waals surface area contributed by atoms with Gasteiger partial charge in [0.15, 0.2) is 0 Å². The summed E-state index contributed by atoms with van der Waals surface area (Å²) < 4.78 is 2.48. The number of benzene rings is 7. The lowest BCUT2D eigenvalue weighted by molar-refractivity contribution is 1.14. The van der Waals surface area contributed by atoms with Crippen LogP contribution in [-0.4, -0.2) is 12.8 Å². The van der Waals surface area contributed by atoms with Crippen molar-refractivity contribution in [3.63, 3.8) is 0 Å². The molecule has 0 aliphatic rings. The standard InChI is InChI=1S/C31H21NS.C7H8.C6H6.C2H7N/c32-20-23-11-8-16-30-31(23)28-19-22(17-18-29(28)33-30)25-13-5-7-15-27(25)26-14-6-4-12-24(26)21-9-2-1-3-10-21;1-7-5-3-2-4-6-7;1-2-4-6-5-3-1;1-2-3/h1-20,32H;2-6H,1H3;1-6H;2-3H2,1H3. The zero-order valence-electron chi connectivity index (χ0n) is 28.1. The first kappa shape index (κ1) is 34.7. The number of thiophene rings is 1. The molecule has 0 unspecified atom stereocenters. The average molecular weight is 655 g/mol. The Morgan fingerprint density at radius 1 is 0.510 bits per heavy atom. The van der Waals surface area contributed by atoms with E-state index in [1.807, 2.05) is 73.7 Å². The Morgan fingerprint density at radius 2 is 0.980 bits per heavy atom. The van der Waals surface area contributed by atoms with Crippen molar-refractivity contribution >= 4 is 37.7 Å². The van der Waals surface area contributed by atoms with Crippen LogP contribution in [0, 0.1) is 12.3 Å². The molecule has 0 saturated carbocycles. The minimum absolute atomic E-state index is 0.750. The molecule has 242 valence electrons. The predicted octanol–water partition coefficient (Wildman–Crippen LogP) is 12.7. The summed E-state index contributed by atoms with van der Waals surface area (Å²) in [6.45, 7) is 4.74. The molecule has 7 aromatic carbocycles. The molecular formula is C46H42N2S. The van der Waals surface area contributed by atoms with Crippen LogP contribution in [0.5, 0.6) is 0 Å². The third-order valence-corrected chi connectivity index (χ3v) is 8.97. The smallest absolute Gasteiger partial charge is 0.0361 e. The monoisotopic (exact) mass is 654 g/mol. The Bertz CT molecular complexity index is 2160. The fraction of sp³-hybridized carbons (Fsp3) is 0.0652. The molecule has 0 aliphatic heterocycles. The molecule has 49 heavy (non-hydrogen) atoms. The Balaban J connectivity index is 0.000000241. The van der Waals surface area contributed by atoms with Crippen molar-refractivity contribution in [3.8, 4) is 33.4 Å². The van der Waals surface area contributed by atoms with Crippen LogP contribution in [0.2, 0.25) is 0 Å². The lowest BCUT2D eigenvalue weighted by Crippen LogP contribution is -1.89. The van der Waals surface area contributed by atoms with Crippen molar-refractivity contribution in [2.45, 2.75) is 13.8 Å². The van der Waals surface area contributed by atoms with Gasteiger partial charge in [0.2, 0.25) is 0 Å². The van der Waals surface area contributed by atoms with E-state index < -0.39 is 0 Å². The molecule has 3 N–H and O–H groups in total. The molecular weight excluding hydrogens is 613 g/mol. The Morgan fingerprint density at radius 3 is 1.49 bits per heavy atom. The van der Waals surface area contributed by atoms with E-state index in [9.17, 15) is 0 Å². The van der Waals surface area contributed by atoms with Crippen LogP contribution in [0.4, 0.5) is 0 Å². The second-order valence-corrected chi connectivity index (χ2v) is 12.4. The summed E-state index contributed by atoms with van der Waals surface area (Å²) >= 11 is 1.79. The van der Waals surface area contributed by atoms with Gasteiger partial charge >= 0.3 is 0 Å². The number of nitrogens with one attached hydrogen (secondary N) is 1. The van der Waals surface area contributed by atoms with Crippen molar-refractivity contribution in [2.24, 2.45) is 5.73 Å². The third kappa shape index (κ3) is 9.05. The summed E-state index contributed by atoms with van der Waals surface area (Å²) in [7, 11) is 0. The van der Waals surface area contributed by atoms with Gasteiger partial charge in [-0.1, -0.05) is 176 Å². The maximum absolute atomic E-state index is 7.89. The highest BCUT2D eigenvalue weighted by atomic mass is 32.1. The van der Waals surface area contributed by atoms with Crippen molar-refractivity contribution in [1.29, 1.82) is 5.41 Å². The lowest BCUT2D eigenvalue weighted by Gasteiger charge is -2.15. The van der Waals surface area contributed by atoms with Crippen LogP contribution < -0.4 is 5.73 Å². The number of fused-ring (bicyclic) bond motifs is 3. The number of aryl methyl sites for hydroxylation is 1. The quantitative estimate of drug-likeness (QED) is 0.182.